The highest BCUT2D eigenvalue weighted by Crippen LogP contribution is 2.27. The van der Waals surface area contributed by atoms with Gasteiger partial charge in [-0.15, -0.1) is 11.6 Å². The molecule has 0 aliphatic rings. The zero-order valence-corrected chi connectivity index (χ0v) is 11.0. The van der Waals surface area contributed by atoms with Crippen LogP contribution in [-0.2, 0) is 5.88 Å². The Labute approximate surface area is 114 Å². The first-order chi connectivity index (χ1) is 9.01. The normalized spacial score (nSPS) is 11.3. The van der Waals surface area contributed by atoms with Crippen molar-refractivity contribution in [2.24, 2.45) is 5.10 Å². The number of phenols is 2. The van der Waals surface area contributed by atoms with Gasteiger partial charge in [-0.1, -0.05) is 0 Å². The molecule has 1 aromatic carbocycles. The Morgan fingerprint density at radius 2 is 2.21 bits per heavy atom. The van der Waals surface area contributed by atoms with E-state index >= 15 is 0 Å². The van der Waals surface area contributed by atoms with Gasteiger partial charge in [-0.2, -0.15) is 5.10 Å². The summed E-state index contributed by atoms with van der Waals surface area (Å²) in [6.45, 7) is 1.80. The molecule has 1 aromatic heterocycles. The van der Waals surface area contributed by atoms with Gasteiger partial charge in [0.15, 0.2) is 0 Å². The molecule has 0 amide bonds. The van der Waals surface area contributed by atoms with Crippen LogP contribution in [0, 0.1) is 6.92 Å². The molecule has 0 radical (unpaired) electrons. The van der Waals surface area contributed by atoms with Crippen LogP contribution in [0.25, 0.3) is 0 Å². The van der Waals surface area contributed by atoms with Gasteiger partial charge in [-0.3, -0.25) is 0 Å². The number of anilines is 1. The number of aromatic hydroxyl groups is 2. The Hall–Kier alpha value is -2.21. The molecule has 2 rings (SSSR count). The number of aryl methyl sites for hydroxylation is 1. The first-order valence-corrected chi connectivity index (χ1v) is 6.01. The number of imidazole rings is 1. The summed E-state index contributed by atoms with van der Waals surface area (Å²) in [6, 6.07) is 2.69. The minimum Gasteiger partial charge on any atom is -0.508 e. The van der Waals surface area contributed by atoms with E-state index in [1.807, 2.05) is 0 Å². The lowest BCUT2D eigenvalue weighted by molar-refractivity contribution is 0.449. The molecular formula is C12H13ClN4O2. The van der Waals surface area contributed by atoms with Crippen LogP contribution >= 0.6 is 11.6 Å². The van der Waals surface area contributed by atoms with Crippen LogP contribution in [0.5, 0.6) is 11.5 Å². The lowest BCUT2D eigenvalue weighted by Crippen LogP contribution is -1.98. The molecule has 100 valence electrons. The molecule has 1 heterocycles. The zero-order valence-electron chi connectivity index (χ0n) is 10.2. The quantitative estimate of drug-likeness (QED) is 0.590. The lowest BCUT2D eigenvalue weighted by Gasteiger charge is -2.06. The van der Waals surface area contributed by atoms with E-state index in [1.54, 1.807) is 13.1 Å². The standard InChI is InChI=1S/C12H13ClN4O2/c1-7-6-17(12(14)16-7)15-5-10-8(4-13)2-9(18)3-11(10)19/h2-3,5-6,18-19H,4H2,1H3,(H2,14,16). The first kappa shape index (κ1) is 13.2. The maximum absolute atomic E-state index is 9.79. The van der Waals surface area contributed by atoms with Crippen molar-refractivity contribution in [1.82, 2.24) is 9.66 Å². The van der Waals surface area contributed by atoms with E-state index in [0.29, 0.717) is 11.1 Å². The number of nitrogen functional groups attached to an aromatic ring is 1. The van der Waals surface area contributed by atoms with Crippen LogP contribution in [0.15, 0.2) is 23.4 Å². The Bertz CT molecular complexity index is 637. The van der Waals surface area contributed by atoms with Crippen LogP contribution in [0.2, 0.25) is 0 Å². The third-order valence-corrected chi connectivity index (χ3v) is 2.81. The summed E-state index contributed by atoms with van der Waals surface area (Å²) in [5, 5.41) is 23.3. The number of hydrogen-bond acceptors (Lipinski definition) is 5. The predicted octanol–water partition coefficient (Wildman–Crippen LogP) is 1.81. The van der Waals surface area contributed by atoms with E-state index < -0.39 is 0 Å². The smallest absolute Gasteiger partial charge is 0.221 e. The zero-order chi connectivity index (χ0) is 14.0. The van der Waals surface area contributed by atoms with Gasteiger partial charge in [0.2, 0.25) is 5.95 Å². The third-order valence-electron chi connectivity index (χ3n) is 2.52. The van der Waals surface area contributed by atoms with Gasteiger partial charge in [0.05, 0.1) is 18.1 Å². The van der Waals surface area contributed by atoms with E-state index in [4.69, 9.17) is 17.3 Å². The average Bonchev–Trinajstić information content (AvgIpc) is 2.65. The molecule has 0 saturated heterocycles. The number of rotatable bonds is 3. The Morgan fingerprint density at radius 3 is 2.79 bits per heavy atom. The number of phenolic OH excluding ortho intramolecular Hbond substituents is 2. The average molecular weight is 281 g/mol. The summed E-state index contributed by atoms with van der Waals surface area (Å²) in [4.78, 5) is 4.00. The molecule has 19 heavy (non-hydrogen) atoms. The van der Waals surface area contributed by atoms with E-state index in [9.17, 15) is 10.2 Å². The fraction of sp³-hybridized carbons (Fsp3) is 0.167. The SMILES string of the molecule is Cc1cn(N=Cc2c(O)cc(O)cc2CCl)c(N)n1. The molecule has 0 aliphatic heterocycles. The van der Waals surface area contributed by atoms with Crippen molar-refractivity contribution in [3.05, 3.63) is 35.2 Å². The summed E-state index contributed by atoms with van der Waals surface area (Å²) in [6.07, 6.45) is 3.08. The van der Waals surface area contributed by atoms with Crippen LogP contribution in [0.3, 0.4) is 0 Å². The van der Waals surface area contributed by atoms with E-state index in [2.05, 4.69) is 10.1 Å². The van der Waals surface area contributed by atoms with Crippen molar-refractivity contribution < 1.29 is 10.2 Å². The van der Waals surface area contributed by atoms with Crippen molar-refractivity contribution in [1.29, 1.82) is 0 Å². The van der Waals surface area contributed by atoms with Gasteiger partial charge in [0.1, 0.15) is 11.5 Å². The second-order valence-corrected chi connectivity index (χ2v) is 4.27. The summed E-state index contributed by atoms with van der Waals surface area (Å²) in [5.74, 6) is 0.236. The van der Waals surface area contributed by atoms with Gasteiger partial charge in [0, 0.05) is 17.5 Å². The molecule has 0 fully saturated rings. The molecule has 0 bridgehead atoms. The number of nitrogens with zero attached hydrogens (tertiary/aromatic N) is 3. The minimum absolute atomic E-state index is 0.0525. The van der Waals surface area contributed by atoms with Gasteiger partial charge >= 0.3 is 0 Å². The fourth-order valence-corrected chi connectivity index (χ4v) is 1.88. The highest BCUT2D eigenvalue weighted by molar-refractivity contribution is 6.17. The molecule has 0 spiro atoms. The Kier molecular flexibility index (Phi) is 3.62. The summed E-state index contributed by atoms with van der Waals surface area (Å²) in [7, 11) is 0. The molecule has 0 saturated carbocycles. The van der Waals surface area contributed by atoms with E-state index in [0.717, 1.165) is 5.69 Å². The molecule has 7 heteroatoms. The Balaban J connectivity index is 2.40. The molecule has 4 N–H and O–H groups in total. The van der Waals surface area contributed by atoms with Gasteiger partial charge < -0.3 is 15.9 Å². The number of alkyl halides is 1. The van der Waals surface area contributed by atoms with Crippen molar-refractivity contribution in [3.8, 4) is 11.5 Å². The molecule has 2 aromatic rings. The third kappa shape index (κ3) is 2.79. The maximum Gasteiger partial charge on any atom is 0.221 e. The predicted molar refractivity (Wildman–Crippen MR) is 73.7 cm³/mol. The Morgan fingerprint density at radius 1 is 1.47 bits per heavy atom. The van der Waals surface area contributed by atoms with Crippen molar-refractivity contribution in [3.63, 3.8) is 0 Å². The van der Waals surface area contributed by atoms with Crippen molar-refractivity contribution >= 4 is 23.8 Å². The number of benzene rings is 1. The fourth-order valence-electron chi connectivity index (χ4n) is 1.66. The topological polar surface area (TPSA) is 96.7 Å². The summed E-state index contributed by atoms with van der Waals surface area (Å²) >= 11 is 5.77. The number of nitrogens with two attached hydrogens (primary N) is 1. The number of aromatic nitrogens is 2. The van der Waals surface area contributed by atoms with Crippen molar-refractivity contribution in [2.75, 3.05) is 5.73 Å². The molecule has 6 nitrogen and oxygen atoms in total. The highest BCUT2D eigenvalue weighted by Gasteiger charge is 2.08. The largest absolute Gasteiger partial charge is 0.508 e. The summed E-state index contributed by atoms with van der Waals surface area (Å²) in [5.41, 5.74) is 7.38. The monoisotopic (exact) mass is 280 g/mol. The van der Waals surface area contributed by atoms with E-state index in [1.165, 1.54) is 23.0 Å². The second kappa shape index (κ2) is 5.19. The minimum atomic E-state index is -0.102. The lowest BCUT2D eigenvalue weighted by atomic mass is 10.1. The van der Waals surface area contributed by atoms with Gasteiger partial charge in [0.25, 0.3) is 0 Å². The van der Waals surface area contributed by atoms with Crippen LogP contribution in [-0.4, -0.2) is 26.1 Å². The molecule has 0 unspecified atom stereocenters. The maximum atomic E-state index is 9.79. The first-order valence-electron chi connectivity index (χ1n) is 5.48. The van der Waals surface area contributed by atoms with Crippen LogP contribution < -0.4 is 5.73 Å². The number of halogens is 1. The van der Waals surface area contributed by atoms with Crippen LogP contribution in [0.4, 0.5) is 5.95 Å². The highest BCUT2D eigenvalue weighted by atomic mass is 35.5. The van der Waals surface area contributed by atoms with Crippen molar-refractivity contribution in [2.45, 2.75) is 12.8 Å². The van der Waals surface area contributed by atoms with Crippen LogP contribution in [0.1, 0.15) is 16.8 Å². The van der Waals surface area contributed by atoms with E-state index in [-0.39, 0.29) is 23.3 Å². The number of hydrogen-bond donors (Lipinski definition) is 3. The molecule has 0 aliphatic carbocycles. The second-order valence-electron chi connectivity index (χ2n) is 4.00. The van der Waals surface area contributed by atoms with Gasteiger partial charge in [-0.05, 0) is 18.6 Å². The van der Waals surface area contributed by atoms with Gasteiger partial charge in [-0.25, -0.2) is 9.66 Å². The molecule has 0 atom stereocenters. The molecular weight excluding hydrogens is 268 g/mol. The summed E-state index contributed by atoms with van der Waals surface area (Å²) < 4.78 is 1.39.